The van der Waals surface area contributed by atoms with Crippen LogP contribution in [0.3, 0.4) is 0 Å². The van der Waals surface area contributed by atoms with Crippen LogP contribution in [0.1, 0.15) is 52.4 Å². The second kappa shape index (κ2) is 12.2. The van der Waals surface area contributed by atoms with Crippen molar-refractivity contribution in [3.63, 3.8) is 0 Å². The number of hydrogen-bond donors (Lipinski definition) is 0. The van der Waals surface area contributed by atoms with Gasteiger partial charge >= 0.3 is 5.97 Å². The number of amides is 2. The number of hydrogen-bond acceptors (Lipinski definition) is 7. The SMILES string of the molecule is COc1cc(/C=C2\SC(=O)N(CCOc3cc(C)ccc3C(C)C)C2=O)ccc1OC(=O)c1cccc(C)c1. The lowest BCUT2D eigenvalue weighted by Crippen LogP contribution is -2.32. The number of thioether (sulfide) groups is 1. The molecule has 0 radical (unpaired) electrons. The number of methoxy groups -OCH3 is 1. The summed E-state index contributed by atoms with van der Waals surface area (Å²) in [5.74, 6) is 0.757. The summed E-state index contributed by atoms with van der Waals surface area (Å²) in [5.41, 5.74) is 4.17. The fraction of sp³-hybridized carbons (Fsp3) is 0.258. The van der Waals surface area contributed by atoms with E-state index in [9.17, 15) is 14.4 Å². The number of imide groups is 1. The van der Waals surface area contributed by atoms with Gasteiger partial charge in [-0.2, -0.15) is 0 Å². The average Bonchev–Trinajstić information content (AvgIpc) is 3.16. The number of nitrogens with zero attached hydrogens (tertiary/aromatic N) is 1. The smallest absolute Gasteiger partial charge is 0.343 e. The maximum atomic E-state index is 13.0. The molecule has 1 fully saturated rings. The molecule has 2 amide bonds. The molecule has 39 heavy (non-hydrogen) atoms. The number of carbonyl (C=O) groups is 3. The predicted octanol–water partition coefficient (Wildman–Crippen LogP) is 6.77. The Morgan fingerprint density at radius 3 is 2.44 bits per heavy atom. The highest BCUT2D eigenvalue weighted by Gasteiger charge is 2.35. The molecule has 1 heterocycles. The van der Waals surface area contributed by atoms with E-state index in [2.05, 4.69) is 13.8 Å². The van der Waals surface area contributed by atoms with Crippen LogP contribution in [0.5, 0.6) is 17.2 Å². The van der Waals surface area contributed by atoms with Gasteiger partial charge in [0, 0.05) is 0 Å². The molecular formula is C31H31NO6S. The van der Waals surface area contributed by atoms with Gasteiger partial charge in [-0.3, -0.25) is 14.5 Å². The van der Waals surface area contributed by atoms with Crippen molar-refractivity contribution >= 4 is 35.0 Å². The van der Waals surface area contributed by atoms with Gasteiger partial charge in [0.05, 0.1) is 24.1 Å². The molecule has 1 saturated heterocycles. The molecule has 0 spiro atoms. The van der Waals surface area contributed by atoms with Crippen molar-refractivity contribution in [3.05, 3.63) is 93.4 Å². The third-order valence-electron chi connectivity index (χ3n) is 6.18. The summed E-state index contributed by atoms with van der Waals surface area (Å²) in [4.78, 5) is 39.7. The third kappa shape index (κ3) is 6.70. The Labute approximate surface area is 232 Å². The molecule has 4 rings (SSSR count). The van der Waals surface area contributed by atoms with E-state index in [-0.39, 0.29) is 36.0 Å². The fourth-order valence-corrected chi connectivity index (χ4v) is 4.99. The van der Waals surface area contributed by atoms with E-state index >= 15 is 0 Å². The van der Waals surface area contributed by atoms with Crippen molar-refractivity contribution in [3.8, 4) is 17.2 Å². The summed E-state index contributed by atoms with van der Waals surface area (Å²) in [6.07, 6.45) is 1.62. The Morgan fingerprint density at radius 2 is 1.72 bits per heavy atom. The molecule has 0 aliphatic carbocycles. The monoisotopic (exact) mass is 545 g/mol. The van der Waals surface area contributed by atoms with Crippen molar-refractivity contribution in [1.29, 1.82) is 0 Å². The lowest BCUT2D eigenvalue weighted by atomic mass is 10.0. The minimum Gasteiger partial charge on any atom is -0.493 e. The molecule has 3 aromatic carbocycles. The van der Waals surface area contributed by atoms with E-state index in [0.29, 0.717) is 21.8 Å². The number of ether oxygens (including phenoxy) is 3. The van der Waals surface area contributed by atoms with Gasteiger partial charge in [-0.25, -0.2) is 4.79 Å². The van der Waals surface area contributed by atoms with Crippen LogP contribution >= 0.6 is 11.8 Å². The van der Waals surface area contributed by atoms with E-state index in [1.807, 2.05) is 38.1 Å². The van der Waals surface area contributed by atoms with Gasteiger partial charge in [-0.15, -0.1) is 0 Å². The van der Waals surface area contributed by atoms with Gasteiger partial charge in [0.15, 0.2) is 11.5 Å². The number of benzene rings is 3. The Bertz CT molecular complexity index is 1440. The molecule has 8 heteroatoms. The highest BCUT2D eigenvalue weighted by Crippen LogP contribution is 2.35. The summed E-state index contributed by atoms with van der Waals surface area (Å²) < 4.78 is 16.9. The number of esters is 1. The summed E-state index contributed by atoms with van der Waals surface area (Å²) in [7, 11) is 1.47. The van der Waals surface area contributed by atoms with E-state index in [0.717, 1.165) is 34.2 Å². The number of aryl methyl sites for hydroxylation is 2. The van der Waals surface area contributed by atoms with Crippen LogP contribution in [0.25, 0.3) is 6.08 Å². The van der Waals surface area contributed by atoms with Crippen LogP contribution in [0.4, 0.5) is 4.79 Å². The highest BCUT2D eigenvalue weighted by atomic mass is 32.2. The maximum Gasteiger partial charge on any atom is 0.343 e. The molecule has 202 valence electrons. The van der Waals surface area contributed by atoms with Crippen LogP contribution in [-0.2, 0) is 4.79 Å². The normalized spacial score (nSPS) is 14.3. The molecule has 0 bridgehead atoms. The highest BCUT2D eigenvalue weighted by molar-refractivity contribution is 8.18. The van der Waals surface area contributed by atoms with Crippen molar-refractivity contribution in [2.24, 2.45) is 0 Å². The predicted molar refractivity (Wildman–Crippen MR) is 153 cm³/mol. The Kier molecular flexibility index (Phi) is 8.76. The summed E-state index contributed by atoms with van der Waals surface area (Å²) >= 11 is 0.877. The molecule has 0 atom stereocenters. The van der Waals surface area contributed by atoms with Crippen LogP contribution in [0.2, 0.25) is 0 Å². The molecular weight excluding hydrogens is 514 g/mol. The van der Waals surface area contributed by atoms with Crippen LogP contribution < -0.4 is 14.2 Å². The average molecular weight is 546 g/mol. The molecule has 1 aliphatic rings. The summed E-state index contributed by atoms with van der Waals surface area (Å²) in [5, 5.41) is -0.348. The fourth-order valence-electron chi connectivity index (χ4n) is 4.12. The zero-order valence-corrected chi connectivity index (χ0v) is 23.5. The molecule has 0 aromatic heterocycles. The molecule has 7 nitrogen and oxygen atoms in total. The first-order valence-electron chi connectivity index (χ1n) is 12.6. The summed E-state index contributed by atoms with van der Waals surface area (Å²) in [6.45, 7) is 8.41. The Hall–Kier alpha value is -4.04. The second-order valence-corrected chi connectivity index (χ2v) is 10.5. The molecule has 0 N–H and O–H groups in total. The largest absolute Gasteiger partial charge is 0.493 e. The minimum absolute atomic E-state index is 0.144. The van der Waals surface area contributed by atoms with Crippen LogP contribution in [0.15, 0.2) is 65.6 Å². The summed E-state index contributed by atoms with van der Waals surface area (Å²) in [6, 6.07) is 18.1. The lowest BCUT2D eigenvalue weighted by molar-refractivity contribution is -0.123. The van der Waals surface area contributed by atoms with Crippen LogP contribution in [-0.4, -0.2) is 42.3 Å². The van der Waals surface area contributed by atoms with Gasteiger partial charge in [-0.05, 0) is 84.6 Å². The van der Waals surface area contributed by atoms with Crippen molar-refractivity contribution in [2.45, 2.75) is 33.6 Å². The van der Waals surface area contributed by atoms with Crippen molar-refractivity contribution in [2.75, 3.05) is 20.3 Å². The molecule has 1 aliphatic heterocycles. The van der Waals surface area contributed by atoms with Gasteiger partial charge in [0.1, 0.15) is 12.4 Å². The molecule has 0 unspecified atom stereocenters. The minimum atomic E-state index is -0.501. The van der Waals surface area contributed by atoms with E-state index in [4.69, 9.17) is 14.2 Å². The first kappa shape index (κ1) is 28.0. The third-order valence-corrected chi connectivity index (χ3v) is 7.09. The van der Waals surface area contributed by atoms with Crippen molar-refractivity contribution < 1.29 is 28.6 Å². The lowest BCUT2D eigenvalue weighted by Gasteiger charge is -2.17. The van der Waals surface area contributed by atoms with Gasteiger partial charge in [-0.1, -0.05) is 49.7 Å². The zero-order valence-electron chi connectivity index (χ0n) is 22.6. The number of rotatable bonds is 9. The first-order chi connectivity index (χ1) is 18.7. The van der Waals surface area contributed by atoms with Gasteiger partial charge in [0.2, 0.25) is 0 Å². The number of carbonyl (C=O) groups excluding carboxylic acids is 3. The van der Waals surface area contributed by atoms with E-state index in [1.54, 1.807) is 42.5 Å². The van der Waals surface area contributed by atoms with E-state index in [1.165, 1.54) is 12.0 Å². The Balaban J connectivity index is 1.43. The first-order valence-corrected chi connectivity index (χ1v) is 13.4. The van der Waals surface area contributed by atoms with E-state index < -0.39 is 5.97 Å². The molecule has 0 saturated carbocycles. The zero-order chi connectivity index (χ0) is 28.1. The van der Waals surface area contributed by atoms with Gasteiger partial charge < -0.3 is 14.2 Å². The second-order valence-electron chi connectivity index (χ2n) is 9.55. The molecule has 3 aromatic rings. The standard InChI is InChI=1S/C31H31NO6S/c1-19(2)24-11-9-21(4)16-26(24)37-14-13-32-29(33)28(39-31(32)35)18-22-10-12-25(27(17-22)36-5)38-30(34)23-8-6-7-20(3)15-23/h6-12,15-19H,13-14H2,1-5H3/b28-18-. The van der Waals surface area contributed by atoms with Gasteiger partial charge in [0.25, 0.3) is 11.1 Å². The maximum absolute atomic E-state index is 13.0. The quantitative estimate of drug-likeness (QED) is 0.167. The topological polar surface area (TPSA) is 82.1 Å². The van der Waals surface area contributed by atoms with Crippen LogP contribution in [0, 0.1) is 13.8 Å². The Morgan fingerprint density at radius 1 is 0.949 bits per heavy atom. The van der Waals surface area contributed by atoms with Crippen molar-refractivity contribution in [1.82, 2.24) is 4.90 Å².